The summed E-state index contributed by atoms with van der Waals surface area (Å²) in [6, 6.07) is 0. The minimum Gasteiger partial charge on any atom is -0.389 e. The average Bonchev–Trinajstić information content (AvgIpc) is 2.02. The smallest absolute Gasteiger partial charge is 0.0764 e. The van der Waals surface area contributed by atoms with E-state index >= 15 is 0 Å². The van der Waals surface area contributed by atoms with Gasteiger partial charge < -0.3 is 15.7 Å². The molecule has 0 aliphatic rings. The predicted molar refractivity (Wildman–Crippen MR) is 54.2 cm³/mol. The molecule has 0 bridgehead atoms. The minimum atomic E-state index is -0.597. The van der Waals surface area contributed by atoms with Gasteiger partial charge in [0.15, 0.2) is 0 Å². The highest BCUT2D eigenvalue weighted by Crippen LogP contribution is 2.10. The number of nitrogens with two attached hydrogens (primary N) is 1. The van der Waals surface area contributed by atoms with Gasteiger partial charge in [-0.2, -0.15) is 0 Å². The van der Waals surface area contributed by atoms with Gasteiger partial charge in [0, 0.05) is 6.54 Å². The summed E-state index contributed by atoms with van der Waals surface area (Å²) in [6.45, 7) is 4.26. The fourth-order valence-electron chi connectivity index (χ4n) is 0.539. The van der Waals surface area contributed by atoms with E-state index in [-0.39, 0.29) is 0 Å². The SMILES string of the molecule is CCC(O)(CC)CN.CN(C)C. The molecule has 0 atom stereocenters. The Balaban J connectivity index is 0. The second-order valence-electron chi connectivity index (χ2n) is 3.48. The van der Waals surface area contributed by atoms with E-state index in [0.29, 0.717) is 6.54 Å². The molecule has 0 rings (SSSR count). The van der Waals surface area contributed by atoms with E-state index < -0.39 is 5.60 Å². The largest absolute Gasteiger partial charge is 0.389 e. The highest BCUT2D eigenvalue weighted by atomic mass is 16.3. The molecule has 0 amide bonds. The van der Waals surface area contributed by atoms with E-state index in [1.807, 2.05) is 39.9 Å². The van der Waals surface area contributed by atoms with Crippen LogP contribution in [0.4, 0.5) is 0 Å². The van der Waals surface area contributed by atoms with Crippen molar-refractivity contribution in [3.8, 4) is 0 Å². The third-order valence-corrected chi connectivity index (χ3v) is 1.70. The van der Waals surface area contributed by atoms with Gasteiger partial charge in [0.1, 0.15) is 0 Å². The van der Waals surface area contributed by atoms with Crippen molar-refractivity contribution in [2.45, 2.75) is 32.3 Å². The second kappa shape index (κ2) is 7.53. The van der Waals surface area contributed by atoms with Gasteiger partial charge in [-0.25, -0.2) is 0 Å². The maximum absolute atomic E-state index is 9.31. The molecule has 0 aliphatic carbocycles. The lowest BCUT2D eigenvalue weighted by Gasteiger charge is -2.21. The molecule has 0 unspecified atom stereocenters. The first-order valence-electron chi connectivity index (χ1n) is 4.45. The molecule has 12 heavy (non-hydrogen) atoms. The van der Waals surface area contributed by atoms with Gasteiger partial charge in [0.25, 0.3) is 0 Å². The van der Waals surface area contributed by atoms with Crippen LogP contribution in [0.15, 0.2) is 0 Å². The van der Waals surface area contributed by atoms with Gasteiger partial charge in [-0.15, -0.1) is 0 Å². The van der Waals surface area contributed by atoms with E-state index in [4.69, 9.17) is 5.73 Å². The molecule has 3 N–H and O–H groups in total. The zero-order valence-electron chi connectivity index (χ0n) is 9.09. The van der Waals surface area contributed by atoms with Gasteiger partial charge in [0.05, 0.1) is 5.60 Å². The molecule has 0 aromatic carbocycles. The standard InChI is InChI=1S/C6H15NO.C3H9N/c1-3-6(8,4-2)5-7;1-4(2)3/h8H,3-5,7H2,1-2H3;1-3H3. The summed E-state index contributed by atoms with van der Waals surface area (Å²) < 4.78 is 0. The molecule has 0 aliphatic heterocycles. The van der Waals surface area contributed by atoms with Crippen molar-refractivity contribution in [1.29, 1.82) is 0 Å². The minimum absolute atomic E-state index is 0.375. The molecular weight excluding hydrogens is 152 g/mol. The molecule has 76 valence electrons. The second-order valence-corrected chi connectivity index (χ2v) is 3.48. The van der Waals surface area contributed by atoms with Crippen LogP contribution in [-0.4, -0.2) is 43.3 Å². The molecule has 0 saturated carbocycles. The third kappa shape index (κ3) is 9.88. The topological polar surface area (TPSA) is 49.5 Å². The Bertz CT molecular complexity index is 79.5. The van der Waals surface area contributed by atoms with Crippen LogP contribution in [0.25, 0.3) is 0 Å². The quantitative estimate of drug-likeness (QED) is 0.664. The molecule has 0 heterocycles. The van der Waals surface area contributed by atoms with E-state index in [2.05, 4.69) is 0 Å². The van der Waals surface area contributed by atoms with Crippen molar-refractivity contribution >= 4 is 0 Å². The number of aliphatic hydroxyl groups is 1. The van der Waals surface area contributed by atoms with Crippen molar-refractivity contribution < 1.29 is 5.11 Å². The van der Waals surface area contributed by atoms with E-state index in [0.717, 1.165) is 12.8 Å². The Morgan fingerprint density at radius 2 is 1.42 bits per heavy atom. The van der Waals surface area contributed by atoms with Crippen molar-refractivity contribution in [1.82, 2.24) is 4.90 Å². The normalized spacial score (nSPS) is 11.0. The Labute approximate surface area is 76.6 Å². The molecule has 0 spiro atoms. The first kappa shape index (κ1) is 14.4. The maximum Gasteiger partial charge on any atom is 0.0764 e. The van der Waals surface area contributed by atoms with Gasteiger partial charge in [0.2, 0.25) is 0 Å². The average molecular weight is 176 g/mol. The summed E-state index contributed by atoms with van der Waals surface area (Å²) >= 11 is 0. The molecule has 0 fully saturated rings. The van der Waals surface area contributed by atoms with Crippen LogP contribution >= 0.6 is 0 Å². The zero-order chi connectivity index (χ0) is 10.2. The summed E-state index contributed by atoms with van der Waals surface area (Å²) in [7, 11) is 6.00. The molecule has 3 nitrogen and oxygen atoms in total. The highest BCUT2D eigenvalue weighted by molar-refractivity contribution is 4.74. The molecule has 0 aromatic heterocycles. The fraction of sp³-hybridized carbons (Fsp3) is 1.00. The molecule has 0 aromatic rings. The first-order chi connectivity index (χ1) is 5.41. The van der Waals surface area contributed by atoms with E-state index in [1.54, 1.807) is 0 Å². The number of hydrogen-bond acceptors (Lipinski definition) is 3. The Kier molecular flexibility index (Phi) is 9.03. The van der Waals surface area contributed by atoms with Crippen LogP contribution in [0.3, 0.4) is 0 Å². The van der Waals surface area contributed by atoms with Crippen LogP contribution in [-0.2, 0) is 0 Å². The molecule has 0 radical (unpaired) electrons. The zero-order valence-corrected chi connectivity index (χ0v) is 9.09. The van der Waals surface area contributed by atoms with Gasteiger partial charge in [-0.3, -0.25) is 0 Å². The summed E-state index contributed by atoms with van der Waals surface area (Å²) in [5.41, 5.74) is 4.68. The number of rotatable bonds is 3. The Hall–Kier alpha value is -0.120. The first-order valence-corrected chi connectivity index (χ1v) is 4.45. The predicted octanol–water partition coefficient (Wildman–Crippen LogP) is 0.674. The van der Waals surface area contributed by atoms with Crippen molar-refractivity contribution in [2.75, 3.05) is 27.7 Å². The molecular formula is C9H24N2O. The lowest BCUT2D eigenvalue weighted by molar-refractivity contribution is 0.0414. The van der Waals surface area contributed by atoms with Crippen LogP contribution in [0.5, 0.6) is 0 Å². The fourth-order valence-corrected chi connectivity index (χ4v) is 0.539. The van der Waals surface area contributed by atoms with Crippen molar-refractivity contribution in [3.05, 3.63) is 0 Å². The van der Waals surface area contributed by atoms with Crippen LogP contribution in [0.1, 0.15) is 26.7 Å². The molecule has 0 saturated heterocycles. The van der Waals surface area contributed by atoms with Gasteiger partial charge in [-0.05, 0) is 34.0 Å². The van der Waals surface area contributed by atoms with Crippen molar-refractivity contribution in [3.63, 3.8) is 0 Å². The lowest BCUT2D eigenvalue weighted by atomic mass is 9.98. The Morgan fingerprint density at radius 3 is 1.42 bits per heavy atom. The highest BCUT2D eigenvalue weighted by Gasteiger charge is 2.18. The number of nitrogens with zero attached hydrogens (tertiary/aromatic N) is 1. The Morgan fingerprint density at radius 1 is 1.17 bits per heavy atom. The summed E-state index contributed by atoms with van der Waals surface area (Å²) in [5.74, 6) is 0. The third-order valence-electron chi connectivity index (χ3n) is 1.70. The van der Waals surface area contributed by atoms with Gasteiger partial charge >= 0.3 is 0 Å². The molecule has 3 heteroatoms. The summed E-state index contributed by atoms with van der Waals surface area (Å²) in [4.78, 5) is 2.00. The lowest BCUT2D eigenvalue weighted by Crippen LogP contribution is -2.35. The van der Waals surface area contributed by atoms with Gasteiger partial charge in [-0.1, -0.05) is 13.8 Å². The number of hydrogen-bond donors (Lipinski definition) is 2. The van der Waals surface area contributed by atoms with Crippen LogP contribution in [0, 0.1) is 0 Å². The monoisotopic (exact) mass is 176 g/mol. The van der Waals surface area contributed by atoms with Crippen LogP contribution in [0.2, 0.25) is 0 Å². The van der Waals surface area contributed by atoms with E-state index in [1.165, 1.54) is 0 Å². The van der Waals surface area contributed by atoms with E-state index in [9.17, 15) is 5.11 Å². The maximum atomic E-state index is 9.31. The van der Waals surface area contributed by atoms with Crippen LogP contribution < -0.4 is 5.73 Å². The van der Waals surface area contributed by atoms with Crippen molar-refractivity contribution in [2.24, 2.45) is 5.73 Å². The summed E-state index contributed by atoms with van der Waals surface area (Å²) in [6.07, 6.45) is 1.50. The summed E-state index contributed by atoms with van der Waals surface area (Å²) in [5, 5.41) is 9.31.